The molecule has 0 aliphatic heterocycles. The summed E-state index contributed by atoms with van der Waals surface area (Å²) in [6.45, 7) is 4.68. The highest BCUT2D eigenvalue weighted by Gasteiger charge is 2.36. The summed E-state index contributed by atoms with van der Waals surface area (Å²) in [5, 5.41) is 12.0. The van der Waals surface area contributed by atoms with Gasteiger partial charge >= 0.3 is 0 Å². The third-order valence-corrected chi connectivity index (χ3v) is 11.0. The van der Waals surface area contributed by atoms with Gasteiger partial charge in [-0.25, -0.2) is 9.97 Å². The van der Waals surface area contributed by atoms with Crippen LogP contribution in [0.15, 0.2) is 170 Å². The average molecular weight is 691 g/mol. The van der Waals surface area contributed by atoms with Gasteiger partial charge in [0.05, 0.1) is 34.1 Å². The first-order chi connectivity index (χ1) is 26.5. The fourth-order valence-electron chi connectivity index (χ4n) is 8.30. The first-order valence-corrected chi connectivity index (χ1v) is 18.3. The van der Waals surface area contributed by atoms with Crippen LogP contribution >= 0.6 is 0 Å². The van der Waals surface area contributed by atoms with Crippen LogP contribution in [0.2, 0.25) is 0 Å². The van der Waals surface area contributed by atoms with Gasteiger partial charge in [0.15, 0.2) is 5.82 Å². The van der Waals surface area contributed by atoms with Gasteiger partial charge in [0.1, 0.15) is 0 Å². The van der Waals surface area contributed by atoms with E-state index in [1.165, 1.54) is 33.0 Å². The first kappa shape index (κ1) is 31.6. The molecule has 7 aromatic carbocycles. The van der Waals surface area contributed by atoms with Gasteiger partial charge in [-0.05, 0) is 88.0 Å². The minimum atomic E-state index is -0.105. The average Bonchev–Trinajstić information content (AvgIpc) is 3.68. The van der Waals surface area contributed by atoms with Crippen LogP contribution < -0.4 is 0 Å². The van der Waals surface area contributed by atoms with Crippen molar-refractivity contribution in [3.05, 3.63) is 187 Å². The number of fused-ring (bicyclic) bond motifs is 6. The molecular formula is C50H34N4. The second-order valence-electron chi connectivity index (χ2n) is 14.6. The van der Waals surface area contributed by atoms with E-state index >= 15 is 0 Å². The Morgan fingerprint density at radius 3 is 1.89 bits per heavy atom. The molecule has 10 rings (SSSR count). The minimum Gasteiger partial charge on any atom is -0.309 e. The topological polar surface area (TPSA) is 54.5 Å². The molecule has 9 aromatic rings. The van der Waals surface area contributed by atoms with Crippen molar-refractivity contribution in [2.24, 2.45) is 0 Å². The number of nitrogens with zero attached hydrogens (tertiary/aromatic N) is 4. The minimum absolute atomic E-state index is 0.105. The van der Waals surface area contributed by atoms with Crippen LogP contribution in [0.5, 0.6) is 0 Å². The summed E-state index contributed by atoms with van der Waals surface area (Å²) in [6.07, 6.45) is 0. The third-order valence-electron chi connectivity index (χ3n) is 11.0. The molecule has 0 spiro atoms. The summed E-state index contributed by atoms with van der Waals surface area (Å²) in [6, 6.07) is 61.8. The van der Waals surface area contributed by atoms with Crippen molar-refractivity contribution in [3.63, 3.8) is 0 Å². The highest BCUT2D eigenvalue weighted by molar-refractivity contribution is 6.11. The van der Waals surface area contributed by atoms with Gasteiger partial charge in [0.25, 0.3) is 0 Å². The molecule has 0 unspecified atom stereocenters. The zero-order valence-electron chi connectivity index (χ0n) is 30.0. The molecule has 0 bridgehead atoms. The molecule has 4 nitrogen and oxygen atoms in total. The van der Waals surface area contributed by atoms with Crippen molar-refractivity contribution in [2.45, 2.75) is 19.3 Å². The van der Waals surface area contributed by atoms with Crippen LogP contribution in [-0.2, 0) is 5.41 Å². The number of nitriles is 1. The quantitative estimate of drug-likeness (QED) is 0.181. The standard InChI is InChI=1S/C50H34N4/c1-50(2)43-19-11-9-17-39(43)41-29-48-42(28-44(41)50)40-18-10-12-20-47(40)54(48)38-26-36(33-23-21-32(31-51)22-24-33)25-37(27-38)46-30-45(34-13-5-3-6-14-34)52-49(53-46)35-15-7-4-8-16-35/h3-30H,1-2H3. The lowest BCUT2D eigenvalue weighted by atomic mass is 9.82. The number of hydrogen-bond donors (Lipinski definition) is 0. The molecule has 2 aromatic heterocycles. The Labute approximate surface area is 314 Å². The molecule has 0 saturated heterocycles. The van der Waals surface area contributed by atoms with Crippen LogP contribution in [0.1, 0.15) is 30.5 Å². The Balaban J connectivity index is 1.26. The van der Waals surface area contributed by atoms with Crippen LogP contribution in [0.3, 0.4) is 0 Å². The molecule has 0 atom stereocenters. The van der Waals surface area contributed by atoms with Gasteiger partial charge in [-0.3, -0.25) is 0 Å². The third kappa shape index (κ3) is 5.05. The number of para-hydroxylation sites is 1. The van der Waals surface area contributed by atoms with Gasteiger partial charge in [-0.15, -0.1) is 0 Å². The predicted molar refractivity (Wildman–Crippen MR) is 220 cm³/mol. The number of aromatic nitrogens is 3. The zero-order chi connectivity index (χ0) is 36.4. The number of rotatable bonds is 5. The van der Waals surface area contributed by atoms with E-state index in [1.54, 1.807) is 0 Å². The van der Waals surface area contributed by atoms with Crippen LogP contribution in [-0.4, -0.2) is 14.5 Å². The van der Waals surface area contributed by atoms with Gasteiger partial charge in [0, 0.05) is 38.6 Å². The summed E-state index contributed by atoms with van der Waals surface area (Å²) in [5.41, 5.74) is 15.9. The Morgan fingerprint density at radius 1 is 0.481 bits per heavy atom. The molecule has 54 heavy (non-hydrogen) atoms. The maximum absolute atomic E-state index is 9.59. The highest BCUT2D eigenvalue weighted by Crippen LogP contribution is 2.51. The first-order valence-electron chi connectivity index (χ1n) is 18.3. The van der Waals surface area contributed by atoms with Gasteiger partial charge in [-0.1, -0.05) is 129 Å². The summed E-state index contributed by atoms with van der Waals surface area (Å²) >= 11 is 0. The molecule has 2 heterocycles. The van der Waals surface area contributed by atoms with Crippen LogP contribution in [0, 0.1) is 11.3 Å². The monoisotopic (exact) mass is 690 g/mol. The van der Waals surface area contributed by atoms with E-state index in [9.17, 15) is 5.26 Å². The Bertz CT molecular complexity index is 2890. The Kier molecular flexibility index (Phi) is 7.18. The van der Waals surface area contributed by atoms with Crippen LogP contribution in [0.4, 0.5) is 0 Å². The Hall–Kier alpha value is -7.09. The molecule has 0 radical (unpaired) electrons. The van der Waals surface area contributed by atoms with Crippen molar-refractivity contribution >= 4 is 21.8 Å². The van der Waals surface area contributed by atoms with Gasteiger partial charge in [-0.2, -0.15) is 5.26 Å². The smallest absolute Gasteiger partial charge is 0.160 e. The maximum Gasteiger partial charge on any atom is 0.160 e. The lowest BCUT2D eigenvalue weighted by Crippen LogP contribution is -2.14. The van der Waals surface area contributed by atoms with E-state index < -0.39 is 0 Å². The Morgan fingerprint density at radius 2 is 1.13 bits per heavy atom. The van der Waals surface area contributed by atoms with E-state index in [4.69, 9.17) is 9.97 Å². The van der Waals surface area contributed by atoms with Crippen molar-refractivity contribution in [2.75, 3.05) is 0 Å². The van der Waals surface area contributed by atoms with Gasteiger partial charge < -0.3 is 4.57 Å². The second-order valence-corrected chi connectivity index (χ2v) is 14.6. The molecule has 0 saturated carbocycles. The van der Waals surface area contributed by atoms with Crippen molar-refractivity contribution in [1.29, 1.82) is 5.26 Å². The SMILES string of the molecule is CC1(C)c2ccccc2-c2cc3c(cc21)c1ccccc1n3-c1cc(-c2ccc(C#N)cc2)cc(-c2cc(-c3ccccc3)nc(-c3ccccc3)n2)c1. The normalized spacial score (nSPS) is 12.8. The molecular weight excluding hydrogens is 657 g/mol. The van der Waals surface area contributed by atoms with E-state index in [0.29, 0.717) is 11.4 Å². The maximum atomic E-state index is 9.59. The van der Waals surface area contributed by atoms with E-state index in [2.05, 4.69) is 134 Å². The molecule has 0 amide bonds. The summed E-state index contributed by atoms with van der Waals surface area (Å²) < 4.78 is 2.41. The highest BCUT2D eigenvalue weighted by atomic mass is 15.0. The van der Waals surface area contributed by atoms with E-state index in [-0.39, 0.29) is 5.41 Å². The summed E-state index contributed by atoms with van der Waals surface area (Å²) in [4.78, 5) is 10.3. The molecule has 1 aliphatic carbocycles. The molecule has 1 aliphatic rings. The number of hydrogen-bond acceptors (Lipinski definition) is 3. The lowest BCUT2D eigenvalue weighted by molar-refractivity contribution is 0.661. The predicted octanol–water partition coefficient (Wildman–Crippen LogP) is 12.4. The molecule has 254 valence electrons. The van der Waals surface area contributed by atoms with Crippen molar-refractivity contribution < 1.29 is 0 Å². The molecule has 0 fully saturated rings. The van der Waals surface area contributed by atoms with Crippen molar-refractivity contribution in [1.82, 2.24) is 14.5 Å². The summed E-state index contributed by atoms with van der Waals surface area (Å²) in [7, 11) is 0. The largest absolute Gasteiger partial charge is 0.309 e. The lowest BCUT2D eigenvalue weighted by Gasteiger charge is -2.21. The number of benzene rings is 7. The van der Waals surface area contributed by atoms with Crippen LogP contribution in [0.25, 0.3) is 83.6 Å². The zero-order valence-corrected chi connectivity index (χ0v) is 30.0. The van der Waals surface area contributed by atoms with Crippen molar-refractivity contribution in [3.8, 4) is 67.9 Å². The van der Waals surface area contributed by atoms with Gasteiger partial charge in [0.2, 0.25) is 0 Å². The fourth-order valence-corrected chi connectivity index (χ4v) is 8.30. The summed E-state index contributed by atoms with van der Waals surface area (Å²) in [5.74, 6) is 0.672. The fraction of sp³-hybridized carbons (Fsp3) is 0.0600. The second kappa shape index (κ2) is 12.3. The molecule has 4 heteroatoms. The van der Waals surface area contributed by atoms with E-state index in [0.717, 1.165) is 55.9 Å². The van der Waals surface area contributed by atoms with E-state index in [1.807, 2.05) is 60.7 Å². The molecule has 0 N–H and O–H groups in total.